The quantitative estimate of drug-likeness (QED) is 0.611. The van der Waals surface area contributed by atoms with E-state index in [1.54, 1.807) is 18.2 Å². The Kier molecular flexibility index (Phi) is 4.65. The molecule has 1 atom stereocenters. The van der Waals surface area contributed by atoms with Gasteiger partial charge in [-0.15, -0.1) is 0 Å². The third-order valence-corrected chi connectivity index (χ3v) is 3.85. The predicted molar refractivity (Wildman–Crippen MR) is 92.3 cm³/mol. The summed E-state index contributed by atoms with van der Waals surface area (Å²) in [5.74, 6) is -0.941. The number of aromatic amines is 2. The molecule has 128 valence electrons. The lowest BCUT2D eigenvalue weighted by Crippen LogP contribution is -2.43. The molecule has 0 bridgehead atoms. The van der Waals surface area contributed by atoms with Crippen molar-refractivity contribution in [3.63, 3.8) is 0 Å². The SMILES string of the molecule is COC(=O)C(Cc1ccccc1)NC(=O)c1ccc2[nH]c(=O)[nH]c2c1. The first-order chi connectivity index (χ1) is 12.1. The number of hydrogen-bond acceptors (Lipinski definition) is 4. The van der Waals surface area contributed by atoms with Crippen LogP contribution in [0, 0.1) is 0 Å². The number of rotatable bonds is 5. The molecule has 3 rings (SSSR count). The van der Waals surface area contributed by atoms with Crippen LogP contribution < -0.4 is 11.0 Å². The number of carbonyl (C=O) groups excluding carboxylic acids is 2. The van der Waals surface area contributed by atoms with Crippen LogP contribution in [-0.4, -0.2) is 35.0 Å². The third-order valence-electron chi connectivity index (χ3n) is 3.85. The van der Waals surface area contributed by atoms with Crippen molar-refractivity contribution in [3.8, 4) is 0 Å². The maximum Gasteiger partial charge on any atom is 0.328 e. The lowest BCUT2D eigenvalue weighted by atomic mass is 10.1. The Labute approximate surface area is 143 Å². The van der Waals surface area contributed by atoms with Gasteiger partial charge in [-0.25, -0.2) is 9.59 Å². The van der Waals surface area contributed by atoms with Gasteiger partial charge in [0.2, 0.25) is 0 Å². The van der Waals surface area contributed by atoms with Crippen LogP contribution in [0.5, 0.6) is 0 Å². The van der Waals surface area contributed by atoms with Crippen molar-refractivity contribution in [2.24, 2.45) is 0 Å². The van der Waals surface area contributed by atoms with E-state index in [1.807, 2.05) is 30.3 Å². The van der Waals surface area contributed by atoms with Crippen LogP contribution in [0.25, 0.3) is 11.0 Å². The van der Waals surface area contributed by atoms with Crippen LogP contribution in [0.15, 0.2) is 53.3 Å². The Morgan fingerprint density at radius 2 is 1.80 bits per heavy atom. The number of carbonyl (C=O) groups is 2. The molecule has 0 radical (unpaired) electrons. The summed E-state index contributed by atoms with van der Waals surface area (Å²) in [4.78, 5) is 41.0. The van der Waals surface area contributed by atoms with E-state index >= 15 is 0 Å². The number of esters is 1. The van der Waals surface area contributed by atoms with Gasteiger partial charge in [0.25, 0.3) is 5.91 Å². The fourth-order valence-corrected chi connectivity index (χ4v) is 2.60. The second-order valence-corrected chi connectivity index (χ2v) is 5.58. The van der Waals surface area contributed by atoms with Gasteiger partial charge in [-0.1, -0.05) is 30.3 Å². The zero-order valence-electron chi connectivity index (χ0n) is 13.5. The minimum absolute atomic E-state index is 0.322. The average Bonchev–Trinajstić information content (AvgIpc) is 3.00. The molecule has 2 aromatic carbocycles. The van der Waals surface area contributed by atoms with Crippen molar-refractivity contribution in [1.82, 2.24) is 15.3 Å². The number of benzene rings is 2. The minimum atomic E-state index is -0.805. The summed E-state index contributed by atoms with van der Waals surface area (Å²) >= 11 is 0. The van der Waals surface area contributed by atoms with Gasteiger partial charge in [0.15, 0.2) is 0 Å². The monoisotopic (exact) mass is 339 g/mol. The molecule has 1 heterocycles. The number of H-pyrrole nitrogens is 2. The van der Waals surface area contributed by atoms with Crippen LogP contribution >= 0.6 is 0 Å². The Balaban J connectivity index is 1.80. The maximum absolute atomic E-state index is 12.5. The molecular weight excluding hydrogens is 322 g/mol. The molecule has 0 spiro atoms. The van der Waals surface area contributed by atoms with Crippen molar-refractivity contribution >= 4 is 22.9 Å². The van der Waals surface area contributed by atoms with Gasteiger partial charge in [-0.3, -0.25) is 4.79 Å². The van der Waals surface area contributed by atoms with Gasteiger partial charge in [0.05, 0.1) is 18.1 Å². The summed E-state index contributed by atoms with van der Waals surface area (Å²) in [5, 5.41) is 2.69. The standard InChI is InChI=1S/C18H17N3O4/c1-25-17(23)15(9-11-5-3-2-4-6-11)19-16(22)12-7-8-13-14(10-12)21-18(24)20-13/h2-8,10,15H,9H2,1H3,(H,19,22)(H2,20,21,24). The zero-order valence-corrected chi connectivity index (χ0v) is 13.5. The van der Waals surface area contributed by atoms with Crippen LogP contribution in [0.1, 0.15) is 15.9 Å². The number of aromatic nitrogens is 2. The second-order valence-electron chi connectivity index (χ2n) is 5.58. The number of hydrogen-bond donors (Lipinski definition) is 3. The summed E-state index contributed by atoms with van der Waals surface area (Å²) in [6, 6.07) is 13.3. The molecule has 1 amide bonds. The first-order valence-electron chi connectivity index (χ1n) is 7.71. The Bertz CT molecular complexity index is 959. The molecule has 0 aliphatic heterocycles. The van der Waals surface area contributed by atoms with Crippen molar-refractivity contribution in [1.29, 1.82) is 0 Å². The highest BCUT2D eigenvalue weighted by atomic mass is 16.5. The van der Waals surface area contributed by atoms with Crippen molar-refractivity contribution in [2.45, 2.75) is 12.5 Å². The molecule has 0 fully saturated rings. The molecule has 1 aromatic heterocycles. The Morgan fingerprint density at radius 3 is 2.52 bits per heavy atom. The Hall–Kier alpha value is -3.35. The molecule has 7 nitrogen and oxygen atoms in total. The number of imidazole rings is 1. The topological polar surface area (TPSA) is 104 Å². The minimum Gasteiger partial charge on any atom is -0.467 e. The number of methoxy groups -OCH3 is 1. The number of nitrogens with one attached hydrogen (secondary N) is 3. The number of amides is 1. The highest BCUT2D eigenvalue weighted by molar-refractivity contribution is 5.99. The van der Waals surface area contributed by atoms with E-state index in [1.165, 1.54) is 7.11 Å². The lowest BCUT2D eigenvalue weighted by molar-refractivity contribution is -0.142. The van der Waals surface area contributed by atoms with Crippen LogP contribution in [0.3, 0.4) is 0 Å². The maximum atomic E-state index is 12.5. The fourth-order valence-electron chi connectivity index (χ4n) is 2.60. The van der Waals surface area contributed by atoms with Gasteiger partial charge in [0, 0.05) is 12.0 Å². The van der Waals surface area contributed by atoms with Gasteiger partial charge in [-0.05, 0) is 23.8 Å². The summed E-state index contributed by atoms with van der Waals surface area (Å²) < 4.78 is 4.79. The summed E-state index contributed by atoms with van der Waals surface area (Å²) in [5.41, 5.74) is 2.03. The van der Waals surface area contributed by atoms with Gasteiger partial charge in [0.1, 0.15) is 6.04 Å². The molecule has 0 saturated heterocycles. The molecule has 25 heavy (non-hydrogen) atoms. The summed E-state index contributed by atoms with van der Waals surface area (Å²) in [7, 11) is 1.28. The summed E-state index contributed by atoms with van der Waals surface area (Å²) in [6.07, 6.45) is 0.322. The summed E-state index contributed by atoms with van der Waals surface area (Å²) in [6.45, 7) is 0. The Morgan fingerprint density at radius 1 is 1.08 bits per heavy atom. The smallest absolute Gasteiger partial charge is 0.328 e. The van der Waals surface area contributed by atoms with Gasteiger partial charge >= 0.3 is 11.7 Å². The van der Waals surface area contributed by atoms with Crippen molar-refractivity contribution < 1.29 is 14.3 Å². The number of fused-ring (bicyclic) bond motifs is 1. The van der Waals surface area contributed by atoms with Gasteiger partial charge < -0.3 is 20.0 Å². The van der Waals surface area contributed by atoms with E-state index < -0.39 is 17.9 Å². The van der Waals surface area contributed by atoms with Crippen LogP contribution in [-0.2, 0) is 16.0 Å². The molecule has 0 aliphatic rings. The van der Waals surface area contributed by atoms with Crippen LogP contribution in [0.2, 0.25) is 0 Å². The molecule has 0 aliphatic carbocycles. The highest BCUT2D eigenvalue weighted by Gasteiger charge is 2.22. The third kappa shape index (κ3) is 3.77. The van der Waals surface area contributed by atoms with Crippen molar-refractivity contribution in [2.75, 3.05) is 7.11 Å². The zero-order chi connectivity index (χ0) is 17.8. The molecule has 3 aromatic rings. The van der Waals surface area contributed by atoms with E-state index in [4.69, 9.17) is 4.74 Å². The van der Waals surface area contributed by atoms with E-state index in [9.17, 15) is 14.4 Å². The molecule has 7 heteroatoms. The van der Waals surface area contributed by atoms with E-state index in [0.29, 0.717) is 23.0 Å². The van der Waals surface area contributed by atoms with Crippen LogP contribution in [0.4, 0.5) is 0 Å². The number of ether oxygens (including phenoxy) is 1. The lowest BCUT2D eigenvalue weighted by Gasteiger charge is -2.16. The van der Waals surface area contributed by atoms with E-state index in [-0.39, 0.29) is 5.69 Å². The second kappa shape index (κ2) is 7.04. The van der Waals surface area contributed by atoms with Crippen molar-refractivity contribution in [3.05, 3.63) is 70.1 Å². The highest BCUT2D eigenvalue weighted by Crippen LogP contribution is 2.11. The first-order valence-corrected chi connectivity index (χ1v) is 7.71. The molecule has 1 unspecified atom stereocenters. The first kappa shape index (κ1) is 16.5. The molecular formula is C18H17N3O4. The fraction of sp³-hybridized carbons (Fsp3) is 0.167. The largest absolute Gasteiger partial charge is 0.467 e. The van der Waals surface area contributed by atoms with E-state index in [2.05, 4.69) is 15.3 Å². The molecule has 0 saturated carbocycles. The normalized spacial score (nSPS) is 11.9. The average molecular weight is 339 g/mol. The van der Waals surface area contributed by atoms with Gasteiger partial charge in [-0.2, -0.15) is 0 Å². The molecule has 3 N–H and O–H groups in total. The van der Waals surface area contributed by atoms with E-state index in [0.717, 1.165) is 5.56 Å². The predicted octanol–water partition coefficient (Wildman–Crippen LogP) is 1.37.